The average Bonchev–Trinajstić information content (AvgIpc) is 3.05. The molecule has 4 aromatic rings. The second-order valence-electron chi connectivity index (χ2n) is 8.37. The Balaban J connectivity index is 1.53. The number of nitrogens with zero attached hydrogens (tertiary/aromatic N) is 3. The van der Waals surface area contributed by atoms with Gasteiger partial charge in [-0.05, 0) is 61.9 Å². The van der Waals surface area contributed by atoms with Crippen molar-refractivity contribution in [1.29, 1.82) is 0 Å². The third-order valence-corrected chi connectivity index (χ3v) is 6.34. The molecule has 1 aliphatic heterocycles. The van der Waals surface area contributed by atoms with Crippen LogP contribution in [0.15, 0.2) is 59.5 Å². The van der Waals surface area contributed by atoms with Gasteiger partial charge < -0.3 is 14.2 Å². The van der Waals surface area contributed by atoms with Crippen molar-refractivity contribution in [3.63, 3.8) is 0 Å². The molecule has 0 unspecified atom stereocenters. The Morgan fingerprint density at radius 2 is 1.91 bits per heavy atom. The highest BCUT2D eigenvalue weighted by atomic mass is 19.1. The molecule has 0 N–H and O–H groups in total. The molecule has 0 amide bonds. The van der Waals surface area contributed by atoms with Crippen LogP contribution in [0.4, 0.5) is 4.39 Å². The van der Waals surface area contributed by atoms with Crippen LogP contribution in [0.3, 0.4) is 0 Å². The van der Waals surface area contributed by atoms with Crippen molar-refractivity contribution in [2.45, 2.75) is 19.9 Å². The minimum atomic E-state index is -0.408. The number of hydrogen-bond acceptors (Lipinski definition) is 3. The fourth-order valence-electron chi connectivity index (χ4n) is 4.67. The Bertz CT molecular complexity index is 1390. The normalized spacial score (nSPS) is 14.0. The lowest BCUT2D eigenvalue weighted by Crippen LogP contribution is -2.27. The van der Waals surface area contributed by atoms with E-state index in [0.29, 0.717) is 23.5 Å². The highest BCUT2D eigenvalue weighted by Crippen LogP contribution is 2.31. The van der Waals surface area contributed by atoms with Crippen LogP contribution in [0.25, 0.3) is 27.7 Å². The fourth-order valence-corrected chi connectivity index (χ4v) is 4.67. The van der Waals surface area contributed by atoms with Gasteiger partial charge in [0.15, 0.2) is 0 Å². The van der Waals surface area contributed by atoms with Gasteiger partial charge in [-0.25, -0.2) is 4.39 Å². The van der Waals surface area contributed by atoms with Crippen molar-refractivity contribution in [1.82, 2.24) is 14.0 Å². The molecule has 0 fully saturated rings. The van der Waals surface area contributed by atoms with Gasteiger partial charge >= 0.3 is 0 Å². The predicted molar refractivity (Wildman–Crippen MR) is 125 cm³/mol. The summed E-state index contributed by atoms with van der Waals surface area (Å²) in [5, 5.41) is 1.25. The van der Waals surface area contributed by atoms with Gasteiger partial charge in [0, 0.05) is 55.1 Å². The van der Waals surface area contributed by atoms with Crippen LogP contribution >= 0.6 is 0 Å². The molecule has 0 atom stereocenters. The maximum atomic E-state index is 14.6. The molecule has 0 spiro atoms. The summed E-state index contributed by atoms with van der Waals surface area (Å²) in [5.41, 5.74) is 5.38. The van der Waals surface area contributed by atoms with Gasteiger partial charge in [-0.15, -0.1) is 0 Å². The summed E-state index contributed by atoms with van der Waals surface area (Å²) in [6, 6.07) is 14.1. The molecule has 164 valence electrons. The summed E-state index contributed by atoms with van der Waals surface area (Å²) < 4.78 is 23.8. The molecule has 0 bridgehead atoms. The Labute approximate surface area is 186 Å². The van der Waals surface area contributed by atoms with E-state index in [1.807, 2.05) is 13.0 Å². The van der Waals surface area contributed by atoms with Gasteiger partial charge in [0.2, 0.25) is 0 Å². The number of aryl methyl sites for hydroxylation is 1. The van der Waals surface area contributed by atoms with Crippen molar-refractivity contribution < 1.29 is 9.13 Å². The van der Waals surface area contributed by atoms with E-state index in [0.717, 1.165) is 30.7 Å². The summed E-state index contributed by atoms with van der Waals surface area (Å²) in [6.07, 6.45) is 2.75. The number of hydrogen-bond donors (Lipinski definition) is 0. The molecule has 0 saturated heterocycles. The number of ether oxygens (including phenoxy) is 1. The third kappa shape index (κ3) is 3.41. The lowest BCUT2D eigenvalue weighted by Gasteiger charge is -2.23. The smallest absolute Gasteiger partial charge is 0.255 e. The average molecular weight is 432 g/mol. The van der Waals surface area contributed by atoms with E-state index in [4.69, 9.17) is 4.74 Å². The van der Waals surface area contributed by atoms with Crippen molar-refractivity contribution in [2.75, 3.05) is 20.2 Å². The van der Waals surface area contributed by atoms with E-state index in [1.165, 1.54) is 28.8 Å². The van der Waals surface area contributed by atoms with Gasteiger partial charge in [0.1, 0.15) is 11.6 Å². The number of fused-ring (bicyclic) bond motifs is 3. The standard InChI is InChI=1S/C26H26FN3O2/c1-4-32-19-6-8-20(23(27)15-19)17-9-12-30(26(31)13-17)18-5-7-21-22-10-11-28(2)16-25(22)29(3)24(21)14-18/h5-9,12-15H,4,10-11,16H2,1-3H3. The molecule has 3 heterocycles. The maximum absolute atomic E-state index is 14.6. The summed E-state index contributed by atoms with van der Waals surface area (Å²) in [6.45, 7) is 4.31. The topological polar surface area (TPSA) is 39.4 Å². The largest absolute Gasteiger partial charge is 0.494 e. The van der Waals surface area contributed by atoms with Crippen LogP contribution in [-0.4, -0.2) is 34.2 Å². The van der Waals surface area contributed by atoms with Crippen molar-refractivity contribution >= 4 is 10.9 Å². The van der Waals surface area contributed by atoms with E-state index in [1.54, 1.807) is 29.0 Å². The Kier molecular flexibility index (Phi) is 5.10. The van der Waals surface area contributed by atoms with Gasteiger partial charge in [0.25, 0.3) is 5.56 Å². The molecule has 32 heavy (non-hydrogen) atoms. The van der Waals surface area contributed by atoms with Crippen molar-refractivity contribution in [3.05, 3.63) is 82.2 Å². The fraction of sp³-hybridized carbons (Fsp3) is 0.269. The van der Waals surface area contributed by atoms with Crippen molar-refractivity contribution in [2.24, 2.45) is 7.05 Å². The molecular formula is C26H26FN3O2. The highest BCUT2D eigenvalue weighted by Gasteiger charge is 2.21. The van der Waals surface area contributed by atoms with Gasteiger partial charge in [-0.1, -0.05) is 6.07 Å². The van der Waals surface area contributed by atoms with Gasteiger partial charge in [0.05, 0.1) is 17.8 Å². The van der Waals surface area contributed by atoms with Crippen LogP contribution in [0, 0.1) is 5.82 Å². The summed E-state index contributed by atoms with van der Waals surface area (Å²) >= 11 is 0. The Hall–Kier alpha value is -3.38. The zero-order valence-electron chi connectivity index (χ0n) is 18.6. The molecule has 6 heteroatoms. The second kappa shape index (κ2) is 7.95. The third-order valence-electron chi connectivity index (χ3n) is 6.34. The van der Waals surface area contributed by atoms with E-state index < -0.39 is 5.82 Å². The van der Waals surface area contributed by atoms with Crippen LogP contribution in [0.5, 0.6) is 5.75 Å². The first-order valence-corrected chi connectivity index (χ1v) is 10.9. The maximum Gasteiger partial charge on any atom is 0.255 e. The first kappa shape index (κ1) is 20.5. The van der Waals surface area contributed by atoms with E-state index in [9.17, 15) is 9.18 Å². The predicted octanol–water partition coefficient (Wildman–Crippen LogP) is 4.52. The Morgan fingerprint density at radius 3 is 2.66 bits per heavy atom. The lowest BCUT2D eigenvalue weighted by atomic mass is 10.0. The van der Waals surface area contributed by atoms with Gasteiger partial charge in [-0.3, -0.25) is 9.36 Å². The molecule has 0 saturated carbocycles. The summed E-state index contributed by atoms with van der Waals surface area (Å²) in [4.78, 5) is 15.3. The van der Waals surface area contributed by atoms with Crippen LogP contribution in [-0.2, 0) is 20.0 Å². The number of pyridine rings is 1. The molecule has 0 radical (unpaired) electrons. The highest BCUT2D eigenvalue weighted by molar-refractivity contribution is 5.87. The zero-order chi connectivity index (χ0) is 22.4. The SMILES string of the molecule is CCOc1ccc(-c2ccn(-c3ccc4c5c(n(C)c4c3)CN(C)CC5)c(=O)c2)c(F)c1. The second-order valence-corrected chi connectivity index (χ2v) is 8.37. The van der Waals surface area contributed by atoms with Crippen LogP contribution in [0.2, 0.25) is 0 Å². The number of halogens is 1. The Morgan fingerprint density at radius 1 is 1.06 bits per heavy atom. The number of benzene rings is 2. The molecule has 0 aliphatic carbocycles. The lowest BCUT2D eigenvalue weighted by molar-refractivity contribution is 0.305. The molecule has 1 aliphatic rings. The number of likely N-dealkylation sites (N-methyl/N-ethyl adjacent to an activating group) is 1. The monoisotopic (exact) mass is 431 g/mol. The van der Waals surface area contributed by atoms with E-state index >= 15 is 0 Å². The molecule has 2 aromatic carbocycles. The number of rotatable bonds is 4. The molecule has 5 rings (SSSR count). The van der Waals surface area contributed by atoms with Gasteiger partial charge in [-0.2, -0.15) is 0 Å². The van der Waals surface area contributed by atoms with Crippen LogP contribution < -0.4 is 10.3 Å². The minimum Gasteiger partial charge on any atom is -0.494 e. The van der Waals surface area contributed by atoms with E-state index in [-0.39, 0.29) is 5.56 Å². The molecular weight excluding hydrogens is 405 g/mol. The first-order valence-electron chi connectivity index (χ1n) is 10.9. The molecule has 2 aromatic heterocycles. The molecule has 5 nitrogen and oxygen atoms in total. The quantitative estimate of drug-likeness (QED) is 0.477. The summed E-state index contributed by atoms with van der Waals surface area (Å²) in [7, 11) is 4.23. The minimum absolute atomic E-state index is 0.200. The van der Waals surface area contributed by atoms with Crippen molar-refractivity contribution in [3.8, 4) is 22.6 Å². The van der Waals surface area contributed by atoms with E-state index in [2.05, 4.69) is 35.7 Å². The summed E-state index contributed by atoms with van der Waals surface area (Å²) in [5.74, 6) is 0.0701. The first-order chi connectivity index (χ1) is 15.5. The number of aromatic nitrogens is 2. The zero-order valence-corrected chi connectivity index (χ0v) is 18.6. The van der Waals surface area contributed by atoms with Crippen LogP contribution in [0.1, 0.15) is 18.2 Å².